The molecule has 4 rings (SSSR count). The minimum Gasteiger partial charge on any atom is -0.369 e. The first kappa shape index (κ1) is 21.3. The van der Waals surface area contributed by atoms with Crippen LogP contribution in [0.2, 0.25) is 0 Å². The largest absolute Gasteiger partial charge is 0.418 e. The molecule has 2 aromatic carbocycles. The zero-order chi connectivity index (χ0) is 22.3. The second-order valence-electron chi connectivity index (χ2n) is 8.03. The molecule has 2 atom stereocenters. The number of rotatable bonds is 4. The molecule has 1 fully saturated rings. The molecule has 2 unspecified atom stereocenters. The summed E-state index contributed by atoms with van der Waals surface area (Å²) >= 11 is 0. The molecule has 2 aromatic rings. The highest BCUT2D eigenvalue weighted by Gasteiger charge is 2.37. The van der Waals surface area contributed by atoms with Crippen molar-refractivity contribution in [2.24, 2.45) is 4.99 Å². The normalized spacial score (nSPS) is 21.3. The molecule has 0 aliphatic carbocycles. The van der Waals surface area contributed by atoms with E-state index in [0.717, 1.165) is 12.5 Å². The number of alkyl halides is 3. The maximum atomic E-state index is 13.8. The molecule has 2 aliphatic rings. The van der Waals surface area contributed by atoms with Crippen molar-refractivity contribution in [2.75, 3.05) is 37.4 Å². The van der Waals surface area contributed by atoms with Crippen LogP contribution in [0.5, 0.6) is 0 Å². The predicted octanol–water partition coefficient (Wildman–Crippen LogP) is 4.42. The molecule has 1 amide bonds. The molecule has 0 saturated carbocycles. The van der Waals surface area contributed by atoms with Gasteiger partial charge in [0.2, 0.25) is 5.91 Å². The second kappa shape index (κ2) is 7.96. The summed E-state index contributed by atoms with van der Waals surface area (Å²) in [5.74, 6) is -1.76. The monoisotopic (exact) mass is 434 g/mol. The van der Waals surface area contributed by atoms with E-state index in [2.05, 4.69) is 10.3 Å². The fourth-order valence-electron chi connectivity index (χ4n) is 4.05. The first-order valence-electron chi connectivity index (χ1n) is 9.90. The third kappa shape index (κ3) is 4.27. The third-order valence-electron chi connectivity index (χ3n) is 5.78. The molecule has 0 radical (unpaired) electrons. The number of nitrogens with one attached hydrogen (secondary N) is 1. The van der Waals surface area contributed by atoms with Crippen LogP contribution in [0.4, 0.5) is 34.6 Å². The highest BCUT2D eigenvalue weighted by Crippen LogP contribution is 2.40. The van der Waals surface area contributed by atoms with Gasteiger partial charge >= 0.3 is 6.18 Å². The number of hydrogen-bond donors (Lipinski definition) is 1. The van der Waals surface area contributed by atoms with Gasteiger partial charge in [0.1, 0.15) is 11.7 Å². The first-order valence-corrected chi connectivity index (χ1v) is 9.90. The van der Waals surface area contributed by atoms with Crippen LogP contribution in [-0.4, -0.2) is 50.2 Å². The summed E-state index contributed by atoms with van der Waals surface area (Å²) in [5.41, 5.74) is 0.328. The van der Waals surface area contributed by atoms with Crippen molar-refractivity contribution in [3.05, 3.63) is 53.3 Å². The van der Waals surface area contributed by atoms with Crippen molar-refractivity contribution in [3.63, 3.8) is 0 Å². The number of anilines is 2. The van der Waals surface area contributed by atoms with E-state index in [1.54, 1.807) is 4.90 Å². The van der Waals surface area contributed by atoms with E-state index in [1.165, 1.54) is 36.5 Å². The maximum absolute atomic E-state index is 13.8. The SMILES string of the molecule is CN(C)C1CCN(c2ccc(N=CC3C(=O)Nc4ccc(F)cc43)cc2C(F)(F)F)C1. The Hall–Kier alpha value is -2.94. The smallest absolute Gasteiger partial charge is 0.369 e. The van der Waals surface area contributed by atoms with Gasteiger partial charge in [-0.2, -0.15) is 13.2 Å². The Morgan fingerprint density at radius 1 is 1.19 bits per heavy atom. The van der Waals surface area contributed by atoms with Gasteiger partial charge in [0.25, 0.3) is 0 Å². The predicted molar refractivity (Wildman–Crippen MR) is 112 cm³/mol. The zero-order valence-electron chi connectivity index (χ0n) is 17.1. The number of likely N-dealkylation sites (N-methyl/N-ethyl adjacent to an activating group) is 1. The molecule has 2 aliphatic heterocycles. The lowest BCUT2D eigenvalue weighted by Crippen LogP contribution is -2.32. The van der Waals surface area contributed by atoms with Crippen molar-refractivity contribution in [1.82, 2.24) is 4.90 Å². The van der Waals surface area contributed by atoms with Crippen LogP contribution < -0.4 is 10.2 Å². The summed E-state index contributed by atoms with van der Waals surface area (Å²) in [5, 5.41) is 2.62. The molecule has 9 heteroatoms. The number of hydrogen-bond acceptors (Lipinski definition) is 4. The summed E-state index contributed by atoms with van der Waals surface area (Å²) in [6.07, 6.45) is -2.50. The van der Waals surface area contributed by atoms with Crippen molar-refractivity contribution in [3.8, 4) is 0 Å². The summed E-state index contributed by atoms with van der Waals surface area (Å²) < 4.78 is 54.9. The lowest BCUT2D eigenvalue weighted by atomic mass is 10.0. The number of fused-ring (bicyclic) bond motifs is 1. The van der Waals surface area contributed by atoms with E-state index < -0.39 is 29.4 Å². The maximum Gasteiger partial charge on any atom is 0.418 e. The molecule has 0 spiro atoms. The molecule has 0 aromatic heterocycles. The van der Waals surface area contributed by atoms with E-state index in [9.17, 15) is 22.4 Å². The Bertz CT molecular complexity index is 1030. The average Bonchev–Trinajstić information content (AvgIpc) is 3.30. The molecule has 1 N–H and O–H groups in total. The highest BCUT2D eigenvalue weighted by atomic mass is 19.4. The Labute approximate surface area is 177 Å². The van der Waals surface area contributed by atoms with E-state index in [-0.39, 0.29) is 17.4 Å². The van der Waals surface area contributed by atoms with Crippen molar-refractivity contribution in [2.45, 2.75) is 24.6 Å². The standard InChI is InChI=1S/C22H22F4N4O/c1-29(2)15-7-8-30(12-15)20-6-4-14(10-18(20)22(24,25)26)27-11-17-16-9-13(23)3-5-19(16)28-21(17)31/h3-6,9-11,15,17H,7-8,12H2,1-2H3,(H,28,31). The number of benzene rings is 2. The molecular formula is C22H22F4N4O. The Morgan fingerprint density at radius 3 is 2.65 bits per heavy atom. The molecule has 164 valence electrons. The minimum atomic E-state index is -4.54. The number of nitrogens with zero attached hydrogens (tertiary/aromatic N) is 3. The van der Waals surface area contributed by atoms with Gasteiger partial charge in [0.05, 0.1) is 11.3 Å². The van der Waals surface area contributed by atoms with Crippen LogP contribution in [0.1, 0.15) is 23.5 Å². The topological polar surface area (TPSA) is 47.9 Å². The van der Waals surface area contributed by atoms with E-state index in [1.807, 2.05) is 19.0 Å². The van der Waals surface area contributed by atoms with Crippen LogP contribution in [-0.2, 0) is 11.0 Å². The fourth-order valence-corrected chi connectivity index (χ4v) is 4.05. The van der Waals surface area contributed by atoms with Crippen LogP contribution in [0.3, 0.4) is 0 Å². The number of carbonyl (C=O) groups is 1. The fraction of sp³-hybridized carbons (Fsp3) is 0.364. The minimum absolute atomic E-state index is 0.0806. The summed E-state index contributed by atoms with van der Waals surface area (Å²) in [4.78, 5) is 20.1. The second-order valence-corrected chi connectivity index (χ2v) is 8.03. The van der Waals surface area contributed by atoms with Gasteiger partial charge in [-0.1, -0.05) is 0 Å². The number of carbonyl (C=O) groups excluding carboxylic acids is 1. The zero-order valence-corrected chi connectivity index (χ0v) is 17.1. The Morgan fingerprint density at radius 2 is 1.97 bits per heavy atom. The van der Waals surface area contributed by atoms with Crippen molar-refractivity contribution >= 4 is 29.2 Å². The molecule has 0 bridgehead atoms. The van der Waals surface area contributed by atoms with E-state index in [0.29, 0.717) is 24.3 Å². The number of aliphatic imine (C=N–C) groups is 1. The van der Waals surface area contributed by atoms with Crippen LogP contribution >= 0.6 is 0 Å². The summed E-state index contributed by atoms with van der Waals surface area (Å²) in [6.45, 7) is 1.06. The van der Waals surface area contributed by atoms with Gasteiger partial charge in [-0.25, -0.2) is 4.39 Å². The summed E-state index contributed by atoms with van der Waals surface area (Å²) in [6, 6.07) is 8.02. The molecule has 2 heterocycles. The van der Waals surface area contributed by atoms with E-state index >= 15 is 0 Å². The molecule has 31 heavy (non-hydrogen) atoms. The van der Waals surface area contributed by atoms with Gasteiger partial charge in [0.15, 0.2) is 0 Å². The van der Waals surface area contributed by atoms with E-state index in [4.69, 9.17) is 0 Å². The van der Waals surface area contributed by atoms with Gasteiger partial charge in [-0.15, -0.1) is 0 Å². The van der Waals surface area contributed by atoms with Crippen LogP contribution in [0, 0.1) is 5.82 Å². The van der Waals surface area contributed by atoms with Crippen molar-refractivity contribution in [1.29, 1.82) is 0 Å². The van der Waals surface area contributed by atoms with Gasteiger partial charge in [-0.3, -0.25) is 9.79 Å². The number of halogens is 4. The van der Waals surface area contributed by atoms with Crippen LogP contribution in [0.25, 0.3) is 0 Å². The van der Waals surface area contributed by atoms with Crippen molar-refractivity contribution < 1.29 is 22.4 Å². The lowest BCUT2D eigenvalue weighted by Gasteiger charge is -2.25. The first-order chi connectivity index (χ1) is 14.6. The molecule has 5 nitrogen and oxygen atoms in total. The average molecular weight is 434 g/mol. The third-order valence-corrected chi connectivity index (χ3v) is 5.78. The molecular weight excluding hydrogens is 412 g/mol. The quantitative estimate of drug-likeness (QED) is 0.573. The number of amides is 1. The Balaban J connectivity index is 1.62. The lowest BCUT2D eigenvalue weighted by molar-refractivity contribution is -0.137. The Kier molecular flexibility index (Phi) is 5.47. The van der Waals surface area contributed by atoms with Crippen LogP contribution in [0.15, 0.2) is 41.4 Å². The highest BCUT2D eigenvalue weighted by molar-refractivity contribution is 6.12. The van der Waals surface area contributed by atoms with Gasteiger partial charge < -0.3 is 15.1 Å². The molecule has 1 saturated heterocycles. The van der Waals surface area contributed by atoms with Gasteiger partial charge in [0, 0.05) is 36.7 Å². The van der Waals surface area contributed by atoms with Gasteiger partial charge in [-0.05, 0) is 62.5 Å². The summed E-state index contributed by atoms with van der Waals surface area (Å²) in [7, 11) is 3.83.